The van der Waals surface area contributed by atoms with Crippen molar-refractivity contribution in [3.8, 4) is 0 Å². The molecular weight excluding hydrogens is 330 g/mol. The molecular formula is C20H23N3O3. The fourth-order valence-electron chi connectivity index (χ4n) is 4.35. The molecule has 1 fully saturated rings. The number of nitrogens with zero attached hydrogens (tertiary/aromatic N) is 2. The number of benzene rings is 1. The summed E-state index contributed by atoms with van der Waals surface area (Å²) >= 11 is 0. The van der Waals surface area contributed by atoms with Crippen LogP contribution in [0.5, 0.6) is 0 Å². The second-order valence-electron chi connectivity index (χ2n) is 7.24. The van der Waals surface area contributed by atoms with Crippen LogP contribution in [0.25, 0.3) is 0 Å². The lowest BCUT2D eigenvalue weighted by molar-refractivity contribution is -0.140. The molecule has 0 bridgehead atoms. The molecule has 6 nitrogen and oxygen atoms in total. The molecule has 1 aromatic heterocycles. The van der Waals surface area contributed by atoms with Gasteiger partial charge in [0.15, 0.2) is 5.82 Å². The first-order chi connectivity index (χ1) is 12.6. The van der Waals surface area contributed by atoms with E-state index in [0.717, 1.165) is 18.4 Å². The molecule has 0 spiro atoms. The Labute approximate surface area is 151 Å². The first-order valence-corrected chi connectivity index (χ1v) is 9.30. The molecule has 0 saturated heterocycles. The minimum absolute atomic E-state index is 0.0160. The van der Waals surface area contributed by atoms with Crippen LogP contribution in [0.2, 0.25) is 0 Å². The van der Waals surface area contributed by atoms with Crippen molar-refractivity contribution in [2.24, 2.45) is 5.92 Å². The Morgan fingerprint density at radius 3 is 2.62 bits per heavy atom. The number of fused-ring (bicyclic) bond motifs is 1. The van der Waals surface area contributed by atoms with E-state index in [2.05, 4.69) is 22.4 Å². The Bertz CT molecular complexity index is 856. The Morgan fingerprint density at radius 2 is 1.92 bits per heavy atom. The molecule has 4 rings (SSSR count). The summed E-state index contributed by atoms with van der Waals surface area (Å²) in [5.41, 5.74) is 1.51. The average molecular weight is 353 g/mol. The minimum atomic E-state index is -0.960. The number of anilines is 1. The van der Waals surface area contributed by atoms with Crippen LogP contribution < -0.4 is 10.9 Å². The lowest BCUT2D eigenvalue weighted by Crippen LogP contribution is -2.32. The van der Waals surface area contributed by atoms with Crippen LogP contribution in [-0.2, 0) is 11.2 Å². The largest absolute Gasteiger partial charge is 0.480 e. The Kier molecular flexibility index (Phi) is 4.49. The number of rotatable bonds is 5. The van der Waals surface area contributed by atoms with Gasteiger partial charge in [0.1, 0.15) is 6.04 Å². The maximum Gasteiger partial charge on any atom is 0.326 e. The van der Waals surface area contributed by atoms with Crippen molar-refractivity contribution in [2.45, 2.75) is 50.6 Å². The summed E-state index contributed by atoms with van der Waals surface area (Å²) < 4.78 is 1.40. The van der Waals surface area contributed by atoms with Crippen molar-refractivity contribution < 1.29 is 9.90 Å². The summed E-state index contributed by atoms with van der Waals surface area (Å²) in [7, 11) is 0. The molecule has 2 N–H and O–H groups in total. The second-order valence-corrected chi connectivity index (χ2v) is 7.24. The number of aliphatic carboxylic acids is 1. The van der Waals surface area contributed by atoms with Gasteiger partial charge < -0.3 is 10.4 Å². The highest BCUT2D eigenvalue weighted by atomic mass is 16.4. The fraction of sp³-hybridized carbons (Fsp3) is 0.450. The van der Waals surface area contributed by atoms with E-state index in [1.165, 1.54) is 17.4 Å². The Hall–Kier alpha value is -2.63. The monoisotopic (exact) mass is 353 g/mol. The number of nitrogens with one attached hydrogen (secondary N) is 1. The number of carbonyl (C=O) groups is 1. The lowest BCUT2D eigenvalue weighted by atomic mass is 9.91. The van der Waals surface area contributed by atoms with Crippen LogP contribution in [0.1, 0.15) is 55.4 Å². The molecule has 0 radical (unpaired) electrons. The van der Waals surface area contributed by atoms with Crippen LogP contribution in [0.4, 0.5) is 5.82 Å². The molecule has 2 atom stereocenters. The van der Waals surface area contributed by atoms with E-state index < -0.39 is 12.0 Å². The van der Waals surface area contributed by atoms with E-state index in [1.807, 2.05) is 18.2 Å². The zero-order chi connectivity index (χ0) is 18.1. The molecule has 0 unspecified atom stereocenters. The van der Waals surface area contributed by atoms with E-state index in [-0.39, 0.29) is 17.4 Å². The number of carboxylic acid groups (broad SMARTS) is 1. The SMILES string of the molecule is O=C(O)[C@@H]1CCc2cnc(N[C@@H](c3ccccc3)C3CCCC3)c(=O)n21. The van der Waals surface area contributed by atoms with E-state index in [4.69, 9.17) is 0 Å². The summed E-state index contributed by atoms with van der Waals surface area (Å²) in [4.78, 5) is 28.8. The second kappa shape index (κ2) is 6.94. The molecule has 26 heavy (non-hydrogen) atoms. The van der Waals surface area contributed by atoms with Crippen molar-refractivity contribution >= 4 is 11.8 Å². The molecule has 136 valence electrons. The molecule has 2 aromatic rings. The molecule has 2 heterocycles. The van der Waals surface area contributed by atoms with Crippen LogP contribution >= 0.6 is 0 Å². The molecule has 2 aliphatic rings. The number of hydrogen-bond donors (Lipinski definition) is 2. The fourth-order valence-corrected chi connectivity index (χ4v) is 4.35. The highest BCUT2D eigenvalue weighted by molar-refractivity contribution is 5.72. The summed E-state index contributed by atoms with van der Waals surface area (Å²) in [6.45, 7) is 0. The average Bonchev–Trinajstić information content (AvgIpc) is 3.32. The number of hydrogen-bond acceptors (Lipinski definition) is 4. The Balaban J connectivity index is 1.70. The summed E-state index contributed by atoms with van der Waals surface area (Å²) in [5.74, 6) is -0.256. The molecule has 1 aromatic carbocycles. The summed E-state index contributed by atoms with van der Waals surface area (Å²) in [5, 5.41) is 12.8. The van der Waals surface area contributed by atoms with Crippen molar-refractivity contribution in [1.82, 2.24) is 9.55 Å². The van der Waals surface area contributed by atoms with Crippen LogP contribution in [0.3, 0.4) is 0 Å². The molecule has 0 amide bonds. The number of aromatic nitrogens is 2. The van der Waals surface area contributed by atoms with Crippen LogP contribution in [0, 0.1) is 5.92 Å². The van der Waals surface area contributed by atoms with Crippen molar-refractivity contribution in [1.29, 1.82) is 0 Å². The number of carboxylic acids is 1. The van der Waals surface area contributed by atoms with Gasteiger partial charge in [-0.25, -0.2) is 9.78 Å². The first-order valence-electron chi connectivity index (χ1n) is 9.30. The molecule has 6 heteroatoms. The lowest BCUT2D eigenvalue weighted by Gasteiger charge is -2.26. The zero-order valence-electron chi connectivity index (χ0n) is 14.6. The van der Waals surface area contributed by atoms with Gasteiger partial charge in [-0.15, -0.1) is 0 Å². The zero-order valence-corrected chi connectivity index (χ0v) is 14.6. The van der Waals surface area contributed by atoms with Gasteiger partial charge in [-0.2, -0.15) is 0 Å². The quantitative estimate of drug-likeness (QED) is 0.862. The standard InChI is InChI=1S/C20H23N3O3/c24-19-18(21-12-15-10-11-16(20(25)26)23(15)19)22-17(14-8-4-5-9-14)13-6-2-1-3-7-13/h1-3,6-7,12,14,16-17H,4-5,8-11H2,(H,21,22)(H,25,26)/t16-,17-/m0/s1. The van der Waals surface area contributed by atoms with Crippen molar-refractivity contribution in [3.05, 3.63) is 58.1 Å². The van der Waals surface area contributed by atoms with Gasteiger partial charge in [0.25, 0.3) is 5.56 Å². The van der Waals surface area contributed by atoms with Gasteiger partial charge in [-0.05, 0) is 37.2 Å². The normalized spacial score (nSPS) is 20.7. The maximum absolute atomic E-state index is 12.9. The van der Waals surface area contributed by atoms with Crippen LogP contribution in [-0.4, -0.2) is 20.6 Å². The highest BCUT2D eigenvalue weighted by Gasteiger charge is 2.32. The maximum atomic E-state index is 12.9. The molecule has 1 saturated carbocycles. The summed E-state index contributed by atoms with van der Waals surface area (Å²) in [6.07, 6.45) is 7.31. The minimum Gasteiger partial charge on any atom is -0.480 e. The van der Waals surface area contributed by atoms with Gasteiger partial charge in [0.2, 0.25) is 0 Å². The predicted molar refractivity (Wildman–Crippen MR) is 98.3 cm³/mol. The van der Waals surface area contributed by atoms with Crippen molar-refractivity contribution in [2.75, 3.05) is 5.32 Å². The highest BCUT2D eigenvalue weighted by Crippen LogP contribution is 2.37. The topological polar surface area (TPSA) is 84.2 Å². The summed E-state index contributed by atoms with van der Waals surface area (Å²) in [6, 6.07) is 9.35. The third kappa shape index (κ3) is 3.00. The smallest absolute Gasteiger partial charge is 0.326 e. The third-order valence-electron chi connectivity index (χ3n) is 5.67. The van der Waals surface area contributed by atoms with Gasteiger partial charge >= 0.3 is 5.97 Å². The van der Waals surface area contributed by atoms with Gasteiger partial charge in [0.05, 0.1) is 6.04 Å². The van der Waals surface area contributed by atoms with E-state index in [1.54, 1.807) is 6.20 Å². The van der Waals surface area contributed by atoms with Crippen LogP contribution in [0.15, 0.2) is 41.3 Å². The molecule has 1 aliphatic heterocycles. The Morgan fingerprint density at radius 1 is 1.19 bits per heavy atom. The van der Waals surface area contributed by atoms with Crippen molar-refractivity contribution in [3.63, 3.8) is 0 Å². The van der Waals surface area contributed by atoms with Gasteiger partial charge in [-0.3, -0.25) is 9.36 Å². The third-order valence-corrected chi connectivity index (χ3v) is 5.67. The first kappa shape index (κ1) is 16.8. The number of aryl methyl sites for hydroxylation is 1. The molecule has 1 aliphatic carbocycles. The predicted octanol–water partition coefficient (Wildman–Crippen LogP) is 3.16. The van der Waals surface area contributed by atoms with Gasteiger partial charge in [-0.1, -0.05) is 43.2 Å². The van der Waals surface area contributed by atoms with E-state index in [0.29, 0.717) is 24.5 Å². The van der Waals surface area contributed by atoms with E-state index in [9.17, 15) is 14.7 Å². The van der Waals surface area contributed by atoms with Gasteiger partial charge in [0, 0.05) is 11.9 Å². The van der Waals surface area contributed by atoms with E-state index >= 15 is 0 Å².